The summed E-state index contributed by atoms with van der Waals surface area (Å²) in [5.74, 6) is 1.20. The molecule has 2 saturated heterocycles. The Kier molecular flexibility index (Phi) is 4.51. The van der Waals surface area contributed by atoms with Gasteiger partial charge in [-0.1, -0.05) is 13.8 Å². The highest BCUT2D eigenvalue weighted by Gasteiger charge is 2.64. The molecule has 2 aliphatic heterocycles. The Labute approximate surface area is 138 Å². The summed E-state index contributed by atoms with van der Waals surface area (Å²) in [6.45, 7) is 6.31. The number of esters is 2. The summed E-state index contributed by atoms with van der Waals surface area (Å²) in [6, 6.07) is 0. The topological polar surface area (TPSA) is 61.8 Å². The van der Waals surface area contributed by atoms with Crippen LogP contribution in [-0.4, -0.2) is 37.9 Å². The Hall–Kier alpha value is -1.54. The van der Waals surface area contributed by atoms with Gasteiger partial charge >= 0.3 is 11.9 Å². The van der Waals surface area contributed by atoms with Crippen molar-refractivity contribution in [1.29, 1.82) is 0 Å². The zero-order valence-corrected chi connectivity index (χ0v) is 14.6. The molecule has 0 aliphatic carbocycles. The molecule has 2 rings (SSSR count). The van der Waals surface area contributed by atoms with E-state index in [9.17, 15) is 9.59 Å². The number of methoxy groups -OCH3 is 2. The predicted octanol–water partition coefficient (Wildman–Crippen LogP) is 2.33. The monoisotopic (exact) mass is 322 g/mol. The highest BCUT2D eigenvalue weighted by atomic mass is 16.5. The molecule has 2 aliphatic rings. The van der Waals surface area contributed by atoms with Gasteiger partial charge in [-0.15, -0.1) is 12.3 Å². The minimum absolute atomic E-state index is 0.0142. The molecule has 0 aromatic rings. The molecule has 0 aromatic heterocycles. The fraction of sp³-hybridized carbons (Fsp3) is 0.778. The molecule has 128 valence electrons. The second-order valence-electron chi connectivity index (χ2n) is 7.48. The number of rotatable bonds is 5. The van der Waals surface area contributed by atoms with Crippen LogP contribution < -0.4 is 0 Å². The van der Waals surface area contributed by atoms with Gasteiger partial charge in [0, 0.05) is 6.42 Å². The molecule has 5 nitrogen and oxygen atoms in total. The van der Waals surface area contributed by atoms with Crippen molar-refractivity contribution in [3.05, 3.63) is 0 Å². The highest BCUT2D eigenvalue weighted by Crippen LogP contribution is 2.60. The van der Waals surface area contributed by atoms with Gasteiger partial charge in [0.05, 0.1) is 25.9 Å². The summed E-state index contributed by atoms with van der Waals surface area (Å²) < 4.78 is 16.0. The zero-order valence-electron chi connectivity index (χ0n) is 14.6. The van der Waals surface area contributed by atoms with Crippen molar-refractivity contribution in [3.63, 3.8) is 0 Å². The summed E-state index contributed by atoms with van der Waals surface area (Å²) in [7, 11) is 2.53. The summed E-state index contributed by atoms with van der Waals surface area (Å²) in [5.41, 5.74) is -1.97. The third-order valence-corrected chi connectivity index (χ3v) is 5.89. The van der Waals surface area contributed by atoms with Crippen molar-refractivity contribution in [1.82, 2.24) is 0 Å². The van der Waals surface area contributed by atoms with Crippen molar-refractivity contribution >= 4 is 11.9 Å². The largest absolute Gasteiger partial charge is 0.468 e. The Morgan fingerprint density at radius 1 is 1.26 bits per heavy atom. The molecule has 0 unspecified atom stereocenters. The van der Waals surface area contributed by atoms with E-state index in [0.717, 1.165) is 12.8 Å². The number of hydrogen-bond donors (Lipinski definition) is 0. The molecule has 2 bridgehead atoms. The molecule has 23 heavy (non-hydrogen) atoms. The van der Waals surface area contributed by atoms with Gasteiger partial charge in [-0.25, -0.2) is 0 Å². The minimum Gasteiger partial charge on any atom is -0.468 e. The van der Waals surface area contributed by atoms with E-state index in [1.807, 2.05) is 0 Å². The van der Waals surface area contributed by atoms with Crippen LogP contribution in [0.2, 0.25) is 0 Å². The number of carbonyl (C=O) groups is 2. The van der Waals surface area contributed by atoms with E-state index in [1.54, 1.807) is 0 Å². The van der Waals surface area contributed by atoms with Gasteiger partial charge in [0.1, 0.15) is 0 Å². The molecule has 5 heteroatoms. The maximum absolute atomic E-state index is 12.5. The van der Waals surface area contributed by atoms with E-state index in [1.165, 1.54) is 14.2 Å². The summed E-state index contributed by atoms with van der Waals surface area (Å²) in [6.07, 6.45) is 7.74. The van der Waals surface area contributed by atoms with Crippen molar-refractivity contribution in [2.75, 3.05) is 14.2 Å². The number of carbonyl (C=O) groups excluding carboxylic acids is 2. The van der Waals surface area contributed by atoms with E-state index in [0.29, 0.717) is 0 Å². The summed E-state index contributed by atoms with van der Waals surface area (Å²) in [4.78, 5) is 24.9. The summed E-state index contributed by atoms with van der Waals surface area (Å²) >= 11 is 0. The number of ether oxygens (including phenoxy) is 3. The summed E-state index contributed by atoms with van der Waals surface area (Å²) in [5, 5.41) is 0. The maximum Gasteiger partial charge on any atom is 0.324 e. The molecule has 0 saturated carbocycles. The van der Waals surface area contributed by atoms with Gasteiger partial charge in [0.2, 0.25) is 0 Å². The average Bonchev–Trinajstić information content (AvgIpc) is 2.99. The number of terminal acetylenes is 1. The standard InChI is InChI=1S/C18H26O5/c1-7-9-18(14(19)21-5,15(20)22-6)11-12-16(2,3)13-8-10-17(12,4)23-13/h1,12-13H,8-11H2,2-6H3/t12-,13-,17+/m1/s1. The molecule has 0 aromatic carbocycles. The quantitative estimate of drug-likeness (QED) is 0.442. The first-order valence-electron chi connectivity index (χ1n) is 7.96. The number of hydrogen-bond acceptors (Lipinski definition) is 5. The first-order chi connectivity index (χ1) is 10.7. The molecular formula is C18H26O5. The van der Waals surface area contributed by atoms with Crippen LogP contribution in [0.5, 0.6) is 0 Å². The lowest BCUT2D eigenvalue weighted by molar-refractivity contribution is -0.172. The lowest BCUT2D eigenvalue weighted by Crippen LogP contribution is -2.49. The average molecular weight is 322 g/mol. The Morgan fingerprint density at radius 2 is 1.83 bits per heavy atom. The Bertz CT molecular complexity index is 523. The molecule has 0 spiro atoms. The van der Waals surface area contributed by atoms with E-state index >= 15 is 0 Å². The van der Waals surface area contributed by atoms with Crippen molar-refractivity contribution in [2.24, 2.45) is 16.7 Å². The van der Waals surface area contributed by atoms with Gasteiger partial charge in [-0.05, 0) is 37.5 Å². The van der Waals surface area contributed by atoms with Gasteiger partial charge in [0.25, 0.3) is 0 Å². The van der Waals surface area contributed by atoms with Crippen LogP contribution in [0.25, 0.3) is 0 Å². The number of fused-ring (bicyclic) bond motifs is 2. The Balaban J connectivity index is 2.43. The van der Waals surface area contributed by atoms with Gasteiger partial charge in [-0.2, -0.15) is 0 Å². The van der Waals surface area contributed by atoms with E-state index in [4.69, 9.17) is 20.6 Å². The molecule has 0 radical (unpaired) electrons. The molecule has 2 heterocycles. The molecule has 0 N–H and O–H groups in total. The normalized spacial score (nSPS) is 31.5. The lowest BCUT2D eigenvalue weighted by atomic mass is 9.58. The van der Waals surface area contributed by atoms with Crippen LogP contribution in [0.4, 0.5) is 0 Å². The third-order valence-electron chi connectivity index (χ3n) is 5.89. The van der Waals surface area contributed by atoms with Crippen LogP contribution in [0, 0.1) is 29.1 Å². The van der Waals surface area contributed by atoms with Crippen LogP contribution in [0.1, 0.15) is 46.5 Å². The van der Waals surface area contributed by atoms with E-state index in [2.05, 4.69) is 26.7 Å². The van der Waals surface area contributed by atoms with Crippen molar-refractivity contribution in [3.8, 4) is 12.3 Å². The van der Waals surface area contributed by atoms with Crippen LogP contribution in [-0.2, 0) is 23.8 Å². The van der Waals surface area contributed by atoms with Crippen molar-refractivity contribution in [2.45, 2.75) is 58.2 Å². The molecule has 3 atom stereocenters. The predicted molar refractivity (Wildman–Crippen MR) is 84.3 cm³/mol. The smallest absolute Gasteiger partial charge is 0.324 e. The second kappa shape index (κ2) is 5.83. The third kappa shape index (κ3) is 2.53. The van der Waals surface area contributed by atoms with Crippen molar-refractivity contribution < 1.29 is 23.8 Å². The Morgan fingerprint density at radius 3 is 2.22 bits per heavy atom. The first kappa shape index (κ1) is 17.8. The molecule has 2 fully saturated rings. The van der Waals surface area contributed by atoms with Gasteiger partial charge in [0.15, 0.2) is 5.41 Å². The van der Waals surface area contributed by atoms with Crippen LogP contribution in [0.3, 0.4) is 0 Å². The minimum atomic E-state index is -1.48. The second-order valence-corrected chi connectivity index (χ2v) is 7.48. The fourth-order valence-electron chi connectivity index (χ4n) is 4.51. The fourth-order valence-corrected chi connectivity index (χ4v) is 4.51. The van der Waals surface area contributed by atoms with Crippen LogP contribution >= 0.6 is 0 Å². The molecule has 0 amide bonds. The zero-order chi connectivity index (χ0) is 17.5. The van der Waals surface area contributed by atoms with Crippen LogP contribution in [0.15, 0.2) is 0 Å². The SMILES string of the molecule is C#CCC(C[C@@H]1C(C)(C)[C@H]2CC[C@]1(C)O2)(C(=O)OC)C(=O)OC. The van der Waals surface area contributed by atoms with Gasteiger partial charge in [-0.3, -0.25) is 9.59 Å². The van der Waals surface area contributed by atoms with Gasteiger partial charge < -0.3 is 14.2 Å². The maximum atomic E-state index is 12.5. The van der Waals surface area contributed by atoms with E-state index < -0.39 is 17.4 Å². The lowest BCUT2D eigenvalue weighted by Gasteiger charge is -2.43. The molecular weight excluding hydrogens is 296 g/mol. The van der Waals surface area contributed by atoms with E-state index in [-0.39, 0.29) is 35.9 Å². The first-order valence-corrected chi connectivity index (χ1v) is 7.96. The highest BCUT2D eigenvalue weighted by molar-refractivity contribution is 6.00.